The number of hydrogen-bond donors (Lipinski definition) is 3. The Bertz CT molecular complexity index is 804. The Kier molecular flexibility index (Phi) is 9.20. The topological polar surface area (TPSA) is 75.1 Å². The van der Waals surface area contributed by atoms with Crippen molar-refractivity contribution in [3.8, 4) is 11.5 Å². The first kappa shape index (κ1) is 23.3. The molecule has 0 heterocycles. The van der Waals surface area contributed by atoms with E-state index in [9.17, 15) is 22.7 Å². The second-order valence-electron chi connectivity index (χ2n) is 6.03. The first-order valence-corrected chi connectivity index (χ1v) is 9.16. The summed E-state index contributed by atoms with van der Waals surface area (Å²) in [5.74, 6) is 0.396. The Labute approximate surface area is 171 Å². The number of aliphatic imine (C=N–C) groups is 1. The standard InChI is InChI=1S/C20H23F4N3O3/c1-2-25-20(26-11-14-5-3-4-6-17(14)30-19(23)24)27-12-16(28)13-7-9-15(10-8-13)29-18(21)22/h3-10,16,18-19,28H,2,11-12H2,1H3,(H2,25,26,27). The van der Waals surface area contributed by atoms with Gasteiger partial charge in [0.25, 0.3) is 0 Å². The number of benzene rings is 2. The van der Waals surface area contributed by atoms with Crippen molar-refractivity contribution >= 4 is 5.96 Å². The molecule has 0 saturated heterocycles. The zero-order valence-corrected chi connectivity index (χ0v) is 16.2. The van der Waals surface area contributed by atoms with Crippen molar-refractivity contribution in [2.75, 3.05) is 13.1 Å². The van der Waals surface area contributed by atoms with Crippen LogP contribution in [0.3, 0.4) is 0 Å². The zero-order chi connectivity index (χ0) is 21.9. The van der Waals surface area contributed by atoms with Crippen LogP contribution in [-0.4, -0.2) is 37.4 Å². The number of guanidine groups is 1. The minimum absolute atomic E-state index is 0.00603. The van der Waals surface area contributed by atoms with Gasteiger partial charge in [0.05, 0.1) is 12.6 Å². The van der Waals surface area contributed by atoms with Crippen molar-refractivity contribution in [3.05, 3.63) is 59.7 Å². The smallest absolute Gasteiger partial charge is 0.387 e. The van der Waals surface area contributed by atoms with Crippen LogP contribution in [0, 0.1) is 0 Å². The van der Waals surface area contributed by atoms with Crippen LogP contribution in [0.5, 0.6) is 11.5 Å². The van der Waals surface area contributed by atoms with Crippen molar-refractivity contribution < 1.29 is 32.1 Å². The van der Waals surface area contributed by atoms with Crippen molar-refractivity contribution in [3.63, 3.8) is 0 Å². The van der Waals surface area contributed by atoms with Gasteiger partial charge in [0.15, 0.2) is 5.96 Å². The van der Waals surface area contributed by atoms with E-state index in [0.717, 1.165) is 0 Å². The molecule has 6 nitrogen and oxygen atoms in total. The third-order valence-electron chi connectivity index (χ3n) is 3.89. The van der Waals surface area contributed by atoms with Gasteiger partial charge in [0.1, 0.15) is 11.5 Å². The van der Waals surface area contributed by atoms with Gasteiger partial charge >= 0.3 is 13.2 Å². The molecule has 0 aliphatic heterocycles. The Balaban J connectivity index is 1.98. The molecule has 0 saturated carbocycles. The molecule has 2 aromatic rings. The highest BCUT2D eigenvalue weighted by atomic mass is 19.3. The molecule has 0 spiro atoms. The quantitative estimate of drug-likeness (QED) is 0.305. The molecule has 10 heteroatoms. The van der Waals surface area contributed by atoms with Gasteiger partial charge in [-0.3, -0.25) is 0 Å². The van der Waals surface area contributed by atoms with E-state index in [4.69, 9.17) is 0 Å². The third kappa shape index (κ3) is 7.78. The van der Waals surface area contributed by atoms with Gasteiger partial charge in [-0.1, -0.05) is 30.3 Å². The predicted molar refractivity (Wildman–Crippen MR) is 104 cm³/mol. The van der Waals surface area contributed by atoms with Crippen LogP contribution in [0.25, 0.3) is 0 Å². The van der Waals surface area contributed by atoms with Crippen LogP contribution in [-0.2, 0) is 6.54 Å². The van der Waals surface area contributed by atoms with E-state index in [0.29, 0.717) is 23.6 Å². The van der Waals surface area contributed by atoms with E-state index >= 15 is 0 Å². The number of nitrogens with one attached hydrogen (secondary N) is 2. The van der Waals surface area contributed by atoms with E-state index in [2.05, 4.69) is 25.1 Å². The summed E-state index contributed by atoms with van der Waals surface area (Å²) < 4.78 is 58.2. The van der Waals surface area contributed by atoms with Gasteiger partial charge < -0.3 is 25.2 Å². The average molecular weight is 429 g/mol. The molecule has 0 fully saturated rings. The molecule has 0 amide bonds. The summed E-state index contributed by atoms with van der Waals surface area (Å²) in [6.45, 7) is -3.31. The Morgan fingerprint density at radius 3 is 2.27 bits per heavy atom. The molecule has 3 N–H and O–H groups in total. The molecule has 30 heavy (non-hydrogen) atoms. The number of halogens is 4. The molecule has 2 rings (SSSR count). The minimum Gasteiger partial charge on any atom is -0.435 e. The van der Waals surface area contributed by atoms with E-state index < -0.39 is 19.3 Å². The van der Waals surface area contributed by atoms with Gasteiger partial charge in [0.2, 0.25) is 0 Å². The lowest BCUT2D eigenvalue weighted by atomic mass is 10.1. The van der Waals surface area contributed by atoms with E-state index in [-0.39, 0.29) is 24.6 Å². The summed E-state index contributed by atoms with van der Waals surface area (Å²) >= 11 is 0. The largest absolute Gasteiger partial charge is 0.435 e. The second-order valence-corrected chi connectivity index (χ2v) is 6.03. The van der Waals surface area contributed by atoms with Gasteiger partial charge in [-0.25, -0.2) is 4.99 Å². The molecular weight excluding hydrogens is 406 g/mol. The average Bonchev–Trinajstić information content (AvgIpc) is 2.70. The fraction of sp³-hybridized carbons (Fsp3) is 0.350. The van der Waals surface area contributed by atoms with Crippen molar-refractivity contribution in [1.82, 2.24) is 10.6 Å². The number of ether oxygens (including phenoxy) is 2. The highest BCUT2D eigenvalue weighted by molar-refractivity contribution is 5.79. The molecule has 0 radical (unpaired) electrons. The normalized spacial score (nSPS) is 12.7. The van der Waals surface area contributed by atoms with E-state index in [1.54, 1.807) is 18.2 Å². The molecule has 2 aromatic carbocycles. The Morgan fingerprint density at radius 1 is 0.967 bits per heavy atom. The number of aliphatic hydroxyl groups excluding tert-OH is 1. The lowest BCUT2D eigenvalue weighted by Gasteiger charge is -2.16. The molecule has 0 aliphatic carbocycles. The molecule has 0 aliphatic rings. The molecule has 0 aromatic heterocycles. The van der Waals surface area contributed by atoms with Crippen LogP contribution in [0.15, 0.2) is 53.5 Å². The number of para-hydroxylation sites is 1. The van der Waals surface area contributed by atoms with Crippen LogP contribution in [0.2, 0.25) is 0 Å². The number of rotatable bonds is 10. The van der Waals surface area contributed by atoms with Crippen LogP contribution in [0.1, 0.15) is 24.2 Å². The highest BCUT2D eigenvalue weighted by Gasteiger charge is 2.12. The summed E-state index contributed by atoms with van der Waals surface area (Å²) in [4.78, 5) is 4.32. The third-order valence-corrected chi connectivity index (χ3v) is 3.89. The Morgan fingerprint density at radius 2 is 1.63 bits per heavy atom. The fourth-order valence-electron chi connectivity index (χ4n) is 2.53. The molecule has 0 bridgehead atoms. The van der Waals surface area contributed by atoms with E-state index in [1.807, 2.05) is 6.92 Å². The van der Waals surface area contributed by atoms with Crippen molar-refractivity contribution in [2.45, 2.75) is 32.8 Å². The summed E-state index contributed by atoms with van der Waals surface area (Å²) in [5, 5.41) is 16.2. The zero-order valence-electron chi connectivity index (χ0n) is 16.2. The number of aliphatic hydroxyl groups is 1. The first-order valence-electron chi connectivity index (χ1n) is 9.16. The fourth-order valence-corrected chi connectivity index (χ4v) is 2.53. The van der Waals surface area contributed by atoms with E-state index in [1.165, 1.54) is 30.3 Å². The SMILES string of the molecule is CCNC(=NCc1ccccc1OC(F)F)NCC(O)c1ccc(OC(F)F)cc1. The van der Waals surface area contributed by atoms with Crippen molar-refractivity contribution in [1.29, 1.82) is 0 Å². The number of hydrogen-bond acceptors (Lipinski definition) is 4. The molecule has 164 valence electrons. The van der Waals surface area contributed by atoms with Crippen molar-refractivity contribution in [2.24, 2.45) is 4.99 Å². The van der Waals surface area contributed by atoms with Gasteiger partial charge in [-0.05, 0) is 30.7 Å². The molecule has 1 atom stereocenters. The summed E-state index contributed by atoms with van der Waals surface area (Å²) in [6.07, 6.45) is -0.941. The Hall–Kier alpha value is -3.01. The van der Waals surface area contributed by atoms with Gasteiger partial charge in [0, 0.05) is 18.7 Å². The first-order chi connectivity index (χ1) is 14.4. The van der Waals surface area contributed by atoms with Crippen LogP contribution in [0.4, 0.5) is 17.6 Å². The minimum atomic E-state index is -2.94. The summed E-state index contributed by atoms with van der Waals surface area (Å²) in [7, 11) is 0. The molecule has 1 unspecified atom stereocenters. The highest BCUT2D eigenvalue weighted by Crippen LogP contribution is 2.21. The number of nitrogens with zero attached hydrogens (tertiary/aromatic N) is 1. The van der Waals surface area contributed by atoms with Crippen LogP contribution >= 0.6 is 0 Å². The van der Waals surface area contributed by atoms with Gasteiger partial charge in [-0.15, -0.1) is 0 Å². The maximum atomic E-state index is 12.5. The van der Waals surface area contributed by atoms with Crippen LogP contribution < -0.4 is 20.1 Å². The van der Waals surface area contributed by atoms with Gasteiger partial charge in [-0.2, -0.15) is 17.6 Å². The predicted octanol–water partition coefficient (Wildman–Crippen LogP) is 3.68. The molecular formula is C20H23F4N3O3. The number of alkyl halides is 4. The monoisotopic (exact) mass is 429 g/mol. The second kappa shape index (κ2) is 11.9. The maximum Gasteiger partial charge on any atom is 0.387 e. The maximum absolute atomic E-state index is 12.5. The lowest BCUT2D eigenvalue weighted by molar-refractivity contribution is -0.0508. The lowest BCUT2D eigenvalue weighted by Crippen LogP contribution is -2.39. The summed E-state index contributed by atoms with van der Waals surface area (Å²) in [6, 6.07) is 12.0. The summed E-state index contributed by atoms with van der Waals surface area (Å²) in [5.41, 5.74) is 0.973.